The maximum atomic E-state index is 4.52. The number of aromatic nitrogens is 2. The van der Waals surface area contributed by atoms with Crippen LogP contribution in [0, 0.1) is 5.92 Å². The average molecular weight is 221 g/mol. The Hall–Kier alpha value is -0.830. The van der Waals surface area contributed by atoms with Crippen LogP contribution in [-0.2, 0) is 7.05 Å². The fourth-order valence-corrected chi connectivity index (χ4v) is 2.10. The van der Waals surface area contributed by atoms with Crippen LogP contribution in [0.25, 0.3) is 0 Å². The molecule has 1 heterocycles. The monoisotopic (exact) mass is 221 g/mol. The van der Waals surface area contributed by atoms with Gasteiger partial charge in [0, 0.05) is 13.2 Å². The molecule has 1 N–H and O–H groups in total. The number of aryl methyl sites for hydroxylation is 1. The number of hydrogen-bond acceptors (Lipinski definition) is 2. The minimum atomic E-state index is 0.460. The van der Waals surface area contributed by atoms with E-state index in [0.717, 1.165) is 12.5 Å². The fourth-order valence-electron chi connectivity index (χ4n) is 2.10. The van der Waals surface area contributed by atoms with E-state index in [1.165, 1.54) is 37.8 Å². The predicted molar refractivity (Wildman–Crippen MR) is 66.2 cm³/mol. The van der Waals surface area contributed by atoms with Crippen molar-refractivity contribution in [3.8, 4) is 0 Å². The Morgan fingerprint density at radius 3 is 2.94 bits per heavy atom. The maximum absolute atomic E-state index is 4.52. The third kappa shape index (κ3) is 3.34. The van der Waals surface area contributed by atoms with E-state index in [2.05, 4.69) is 23.4 Å². The minimum Gasteiger partial charge on any atom is -0.309 e. The molecule has 90 valence electrons. The van der Waals surface area contributed by atoms with Crippen molar-refractivity contribution < 1.29 is 0 Å². The van der Waals surface area contributed by atoms with Crippen LogP contribution in [0.15, 0.2) is 12.3 Å². The Morgan fingerprint density at radius 1 is 1.56 bits per heavy atom. The lowest BCUT2D eigenvalue weighted by molar-refractivity contribution is 0.457. The lowest BCUT2D eigenvalue weighted by Gasteiger charge is -2.16. The summed E-state index contributed by atoms with van der Waals surface area (Å²) >= 11 is 0. The zero-order chi connectivity index (χ0) is 11.4. The first-order valence-electron chi connectivity index (χ1n) is 6.52. The molecule has 1 aliphatic carbocycles. The van der Waals surface area contributed by atoms with E-state index in [-0.39, 0.29) is 0 Å². The smallest absolute Gasteiger partial charge is 0.0793 e. The molecule has 0 amide bonds. The van der Waals surface area contributed by atoms with Gasteiger partial charge in [-0.3, -0.25) is 4.68 Å². The summed E-state index contributed by atoms with van der Waals surface area (Å²) in [7, 11) is 1.99. The molecular formula is C13H23N3. The van der Waals surface area contributed by atoms with Crippen LogP contribution in [-0.4, -0.2) is 16.3 Å². The van der Waals surface area contributed by atoms with Crippen molar-refractivity contribution in [1.82, 2.24) is 15.1 Å². The molecule has 0 saturated heterocycles. The molecule has 0 bridgehead atoms. The summed E-state index contributed by atoms with van der Waals surface area (Å²) in [6.45, 7) is 3.30. The minimum absolute atomic E-state index is 0.460. The largest absolute Gasteiger partial charge is 0.309 e. The van der Waals surface area contributed by atoms with Gasteiger partial charge in [0.2, 0.25) is 0 Å². The summed E-state index contributed by atoms with van der Waals surface area (Å²) in [6, 6.07) is 2.60. The van der Waals surface area contributed by atoms with Crippen LogP contribution in [0.2, 0.25) is 0 Å². The first-order valence-corrected chi connectivity index (χ1v) is 6.52. The van der Waals surface area contributed by atoms with Gasteiger partial charge in [-0.25, -0.2) is 0 Å². The highest BCUT2D eigenvalue weighted by Gasteiger charge is 2.23. The van der Waals surface area contributed by atoms with E-state index in [1.807, 2.05) is 17.9 Å². The Bertz CT molecular complexity index is 315. The Balaban J connectivity index is 1.89. The van der Waals surface area contributed by atoms with Gasteiger partial charge in [0.05, 0.1) is 11.7 Å². The molecule has 1 fully saturated rings. The fraction of sp³-hybridized carbons (Fsp3) is 0.769. The molecule has 3 nitrogen and oxygen atoms in total. The number of nitrogens with zero attached hydrogens (tertiary/aromatic N) is 2. The van der Waals surface area contributed by atoms with Crippen molar-refractivity contribution in [3.63, 3.8) is 0 Å². The van der Waals surface area contributed by atoms with Gasteiger partial charge in [-0.1, -0.05) is 19.8 Å². The molecule has 3 heteroatoms. The molecule has 1 aliphatic rings. The molecule has 1 aromatic heterocycles. The zero-order valence-corrected chi connectivity index (χ0v) is 10.4. The predicted octanol–water partition coefficient (Wildman–Crippen LogP) is 2.65. The molecule has 0 spiro atoms. The standard InChI is InChI=1S/C13H23N3/c1-3-9-14-12(7-6-11-4-5-11)13-8-10-16(2)15-13/h8,10-12,14H,3-7,9H2,1-2H3. The van der Waals surface area contributed by atoms with Gasteiger partial charge in [0.15, 0.2) is 0 Å². The van der Waals surface area contributed by atoms with Crippen LogP contribution >= 0.6 is 0 Å². The second-order valence-electron chi connectivity index (χ2n) is 4.94. The summed E-state index contributed by atoms with van der Waals surface area (Å²) in [5.74, 6) is 1.01. The van der Waals surface area contributed by atoms with Gasteiger partial charge in [-0.05, 0) is 37.8 Å². The second-order valence-corrected chi connectivity index (χ2v) is 4.94. The summed E-state index contributed by atoms with van der Waals surface area (Å²) in [5.41, 5.74) is 1.21. The molecule has 0 radical (unpaired) electrons. The molecule has 1 unspecified atom stereocenters. The zero-order valence-electron chi connectivity index (χ0n) is 10.4. The van der Waals surface area contributed by atoms with E-state index in [1.54, 1.807) is 0 Å². The van der Waals surface area contributed by atoms with Crippen LogP contribution in [0.1, 0.15) is 50.8 Å². The molecule has 0 aromatic carbocycles. The van der Waals surface area contributed by atoms with Crippen molar-refractivity contribution in [2.75, 3.05) is 6.54 Å². The topological polar surface area (TPSA) is 29.9 Å². The van der Waals surface area contributed by atoms with Crippen LogP contribution in [0.5, 0.6) is 0 Å². The molecular weight excluding hydrogens is 198 g/mol. The van der Waals surface area contributed by atoms with E-state index in [9.17, 15) is 0 Å². The van der Waals surface area contributed by atoms with Gasteiger partial charge in [-0.15, -0.1) is 0 Å². The summed E-state index contributed by atoms with van der Waals surface area (Å²) in [5, 5.41) is 8.12. The lowest BCUT2D eigenvalue weighted by atomic mass is 10.1. The van der Waals surface area contributed by atoms with E-state index in [0.29, 0.717) is 6.04 Å². The van der Waals surface area contributed by atoms with Crippen molar-refractivity contribution in [1.29, 1.82) is 0 Å². The van der Waals surface area contributed by atoms with Gasteiger partial charge >= 0.3 is 0 Å². The van der Waals surface area contributed by atoms with Gasteiger partial charge in [-0.2, -0.15) is 5.10 Å². The van der Waals surface area contributed by atoms with Crippen LogP contribution in [0.4, 0.5) is 0 Å². The van der Waals surface area contributed by atoms with Crippen molar-refractivity contribution in [2.24, 2.45) is 13.0 Å². The maximum Gasteiger partial charge on any atom is 0.0793 e. The molecule has 1 atom stereocenters. The summed E-state index contributed by atoms with van der Waals surface area (Å²) in [6.07, 6.45) is 8.71. The first-order chi connectivity index (χ1) is 7.79. The van der Waals surface area contributed by atoms with Crippen molar-refractivity contribution >= 4 is 0 Å². The van der Waals surface area contributed by atoms with Gasteiger partial charge in [0.1, 0.15) is 0 Å². The Kier molecular flexibility index (Phi) is 3.99. The quantitative estimate of drug-likeness (QED) is 0.767. The molecule has 1 aromatic rings. The number of rotatable bonds is 7. The molecule has 1 saturated carbocycles. The third-order valence-electron chi connectivity index (χ3n) is 3.29. The average Bonchev–Trinajstić information content (AvgIpc) is 3.01. The molecule has 0 aliphatic heterocycles. The van der Waals surface area contributed by atoms with E-state index < -0.39 is 0 Å². The number of nitrogens with one attached hydrogen (secondary N) is 1. The Labute approximate surface area is 98.2 Å². The third-order valence-corrected chi connectivity index (χ3v) is 3.29. The van der Waals surface area contributed by atoms with Crippen molar-refractivity contribution in [2.45, 2.75) is 45.1 Å². The highest BCUT2D eigenvalue weighted by atomic mass is 15.3. The second kappa shape index (κ2) is 5.48. The van der Waals surface area contributed by atoms with Crippen LogP contribution in [0.3, 0.4) is 0 Å². The highest BCUT2D eigenvalue weighted by Crippen LogP contribution is 2.35. The van der Waals surface area contributed by atoms with Gasteiger partial charge < -0.3 is 5.32 Å². The van der Waals surface area contributed by atoms with Gasteiger partial charge in [0.25, 0.3) is 0 Å². The summed E-state index contributed by atoms with van der Waals surface area (Å²) in [4.78, 5) is 0. The first kappa shape index (κ1) is 11.6. The molecule has 2 rings (SSSR count). The lowest BCUT2D eigenvalue weighted by Crippen LogP contribution is -2.22. The Morgan fingerprint density at radius 2 is 2.38 bits per heavy atom. The normalized spacial score (nSPS) is 17.6. The van der Waals surface area contributed by atoms with E-state index in [4.69, 9.17) is 0 Å². The molecule has 16 heavy (non-hydrogen) atoms. The SMILES string of the molecule is CCCNC(CCC1CC1)c1ccn(C)n1. The summed E-state index contributed by atoms with van der Waals surface area (Å²) < 4.78 is 1.90. The van der Waals surface area contributed by atoms with Crippen LogP contribution < -0.4 is 5.32 Å². The number of hydrogen-bond donors (Lipinski definition) is 1. The van der Waals surface area contributed by atoms with Crippen molar-refractivity contribution in [3.05, 3.63) is 18.0 Å². The highest BCUT2D eigenvalue weighted by molar-refractivity contribution is 5.05. The van der Waals surface area contributed by atoms with E-state index >= 15 is 0 Å².